The minimum Gasteiger partial charge on any atom is -0.378 e. The van der Waals surface area contributed by atoms with Gasteiger partial charge in [-0.25, -0.2) is 9.97 Å². The number of carbonyl (C=O) groups is 1. The van der Waals surface area contributed by atoms with E-state index in [9.17, 15) is 4.79 Å². The lowest BCUT2D eigenvalue weighted by molar-refractivity contribution is -0.131. The lowest BCUT2D eigenvalue weighted by Gasteiger charge is -2.35. The zero-order valence-corrected chi connectivity index (χ0v) is 23.3. The topological polar surface area (TPSA) is 80.3 Å². The average molecular weight is 529 g/mol. The molecule has 1 aromatic heterocycles. The second kappa shape index (κ2) is 13.3. The number of likely N-dealkylation sites (N-methyl/N-ethyl adjacent to an activating group) is 2. The number of rotatable bonds is 10. The Morgan fingerprint density at radius 2 is 1.68 bits per heavy atom. The fraction of sp³-hybridized carbons (Fsp3) is 0.577. The SMILES string of the molecule is CSc1nc(Nc2ccc(N3CCOCC3)cc2)cc(N2CCN(CC(=O)N(C)CCN(C)C)CC2)n1. The van der Waals surface area contributed by atoms with Gasteiger partial charge in [-0.1, -0.05) is 11.8 Å². The van der Waals surface area contributed by atoms with Gasteiger partial charge in [-0.05, 0) is 44.6 Å². The Morgan fingerprint density at radius 1 is 0.973 bits per heavy atom. The van der Waals surface area contributed by atoms with E-state index in [1.54, 1.807) is 11.8 Å². The predicted molar refractivity (Wildman–Crippen MR) is 151 cm³/mol. The molecule has 37 heavy (non-hydrogen) atoms. The van der Waals surface area contributed by atoms with Gasteiger partial charge in [0.1, 0.15) is 11.6 Å². The van der Waals surface area contributed by atoms with E-state index in [0.29, 0.717) is 6.54 Å². The number of hydrogen-bond acceptors (Lipinski definition) is 10. The zero-order chi connectivity index (χ0) is 26.2. The standard InChI is InChI=1S/C26H40N8O2S/c1-30(2)9-10-31(3)25(35)20-32-11-13-34(14-12-32)24-19-23(28-26(29-24)37-4)27-21-5-7-22(8-6-21)33-15-17-36-18-16-33/h5-8,19H,9-18,20H2,1-4H3,(H,27,28,29). The molecule has 2 saturated heterocycles. The fourth-order valence-electron chi connectivity index (χ4n) is 4.38. The van der Waals surface area contributed by atoms with Gasteiger partial charge in [-0.15, -0.1) is 0 Å². The molecule has 10 nitrogen and oxygen atoms in total. The van der Waals surface area contributed by atoms with Gasteiger partial charge in [0.15, 0.2) is 5.16 Å². The van der Waals surface area contributed by atoms with Crippen molar-refractivity contribution in [3.05, 3.63) is 30.3 Å². The molecule has 0 aliphatic carbocycles. The van der Waals surface area contributed by atoms with Gasteiger partial charge in [-0.2, -0.15) is 0 Å². The second-order valence-corrected chi connectivity index (χ2v) is 10.5. The summed E-state index contributed by atoms with van der Waals surface area (Å²) in [5.41, 5.74) is 2.21. The third-order valence-corrected chi connectivity index (χ3v) is 7.30. The van der Waals surface area contributed by atoms with Crippen molar-refractivity contribution in [2.75, 3.05) is 115 Å². The molecule has 2 aliphatic rings. The van der Waals surface area contributed by atoms with Gasteiger partial charge in [0, 0.05) is 76.8 Å². The van der Waals surface area contributed by atoms with Crippen molar-refractivity contribution in [2.45, 2.75) is 5.16 Å². The first-order valence-electron chi connectivity index (χ1n) is 12.9. The molecule has 1 N–H and O–H groups in total. The number of ether oxygens (including phenoxy) is 1. The number of benzene rings is 1. The molecular formula is C26H40N8O2S. The van der Waals surface area contributed by atoms with Gasteiger partial charge in [0.2, 0.25) is 5.91 Å². The molecular weight excluding hydrogens is 488 g/mol. The summed E-state index contributed by atoms with van der Waals surface area (Å²) in [4.78, 5) is 32.8. The van der Waals surface area contributed by atoms with Crippen LogP contribution in [0.1, 0.15) is 0 Å². The monoisotopic (exact) mass is 528 g/mol. The minimum absolute atomic E-state index is 0.174. The van der Waals surface area contributed by atoms with E-state index in [1.807, 2.05) is 38.4 Å². The van der Waals surface area contributed by atoms with E-state index in [0.717, 1.165) is 88.1 Å². The molecule has 3 heterocycles. The van der Waals surface area contributed by atoms with E-state index in [1.165, 1.54) is 5.69 Å². The molecule has 1 amide bonds. The quantitative estimate of drug-likeness (QED) is 0.365. The lowest BCUT2D eigenvalue weighted by Crippen LogP contribution is -2.50. The Hall–Kier alpha value is -2.60. The average Bonchev–Trinajstić information content (AvgIpc) is 2.92. The highest BCUT2D eigenvalue weighted by Gasteiger charge is 2.22. The molecule has 0 unspecified atom stereocenters. The summed E-state index contributed by atoms with van der Waals surface area (Å²) in [5, 5.41) is 4.20. The molecule has 2 fully saturated rings. The Morgan fingerprint density at radius 3 is 2.32 bits per heavy atom. The molecule has 0 saturated carbocycles. The van der Waals surface area contributed by atoms with E-state index < -0.39 is 0 Å². The third-order valence-electron chi connectivity index (χ3n) is 6.75. The summed E-state index contributed by atoms with van der Waals surface area (Å²) >= 11 is 1.54. The van der Waals surface area contributed by atoms with Gasteiger partial charge in [0.05, 0.1) is 19.8 Å². The maximum absolute atomic E-state index is 12.6. The number of piperazine rings is 1. The number of hydrogen-bond donors (Lipinski definition) is 1. The van der Waals surface area contributed by atoms with E-state index in [2.05, 4.69) is 54.2 Å². The van der Waals surface area contributed by atoms with Crippen LogP contribution in [-0.2, 0) is 9.53 Å². The molecule has 1 aromatic carbocycles. The highest BCUT2D eigenvalue weighted by Crippen LogP contribution is 2.25. The van der Waals surface area contributed by atoms with Crippen LogP contribution in [0.4, 0.5) is 23.0 Å². The van der Waals surface area contributed by atoms with Crippen LogP contribution in [0.25, 0.3) is 0 Å². The summed E-state index contributed by atoms with van der Waals surface area (Å²) in [6, 6.07) is 10.5. The van der Waals surface area contributed by atoms with Crippen LogP contribution >= 0.6 is 11.8 Å². The van der Waals surface area contributed by atoms with Crippen molar-refractivity contribution in [2.24, 2.45) is 0 Å². The predicted octanol–water partition coefficient (Wildman–Crippen LogP) is 1.92. The van der Waals surface area contributed by atoms with Crippen molar-refractivity contribution in [3.8, 4) is 0 Å². The number of amides is 1. The van der Waals surface area contributed by atoms with Gasteiger partial charge in [0.25, 0.3) is 0 Å². The molecule has 0 radical (unpaired) electrons. The maximum Gasteiger partial charge on any atom is 0.236 e. The first-order valence-corrected chi connectivity index (χ1v) is 14.1. The largest absolute Gasteiger partial charge is 0.378 e. The molecule has 2 aliphatic heterocycles. The third kappa shape index (κ3) is 7.94. The summed E-state index contributed by atoms with van der Waals surface area (Å²) in [6.07, 6.45) is 2.00. The van der Waals surface area contributed by atoms with Crippen molar-refractivity contribution < 1.29 is 9.53 Å². The van der Waals surface area contributed by atoms with Crippen molar-refractivity contribution in [1.29, 1.82) is 0 Å². The summed E-state index contributed by atoms with van der Waals surface area (Å²) < 4.78 is 5.46. The summed E-state index contributed by atoms with van der Waals surface area (Å²) in [6.45, 7) is 8.80. The van der Waals surface area contributed by atoms with Crippen molar-refractivity contribution in [3.63, 3.8) is 0 Å². The van der Waals surface area contributed by atoms with E-state index in [-0.39, 0.29) is 5.91 Å². The first kappa shape index (κ1) is 27.4. The number of anilines is 4. The Labute approximate surface area is 225 Å². The summed E-state index contributed by atoms with van der Waals surface area (Å²) in [5.74, 6) is 1.88. The van der Waals surface area contributed by atoms with Crippen LogP contribution in [0.3, 0.4) is 0 Å². The molecule has 0 bridgehead atoms. The highest BCUT2D eigenvalue weighted by atomic mass is 32.2. The zero-order valence-electron chi connectivity index (χ0n) is 22.5. The number of morpholine rings is 1. The number of nitrogens with one attached hydrogen (secondary N) is 1. The van der Waals surface area contributed by atoms with Crippen LogP contribution in [0.15, 0.2) is 35.5 Å². The molecule has 2 aromatic rings. The van der Waals surface area contributed by atoms with Gasteiger partial charge in [-0.3, -0.25) is 9.69 Å². The van der Waals surface area contributed by atoms with Gasteiger partial charge >= 0.3 is 0 Å². The number of thioether (sulfide) groups is 1. The van der Waals surface area contributed by atoms with Crippen LogP contribution < -0.4 is 15.1 Å². The van der Waals surface area contributed by atoms with Crippen molar-refractivity contribution >= 4 is 40.7 Å². The van der Waals surface area contributed by atoms with Crippen LogP contribution in [0, 0.1) is 0 Å². The van der Waals surface area contributed by atoms with Crippen LogP contribution in [0.5, 0.6) is 0 Å². The highest BCUT2D eigenvalue weighted by molar-refractivity contribution is 7.98. The Kier molecular flexibility index (Phi) is 9.84. The molecule has 11 heteroatoms. The Bertz CT molecular complexity index is 1010. The minimum atomic E-state index is 0.174. The number of aromatic nitrogens is 2. The van der Waals surface area contributed by atoms with Crippen LogP contribution in [-0.4, -0.2) is 130 Å². The molecule has 0 atom stereocenters. The lowest BCUT2D eigenvalue weighted by atomic mass is 10.2. The molecule has 202 valence electrons. The first-order chi connectivity index (χ1) is 17.9. The normalized spacial score (nSPS) is 16.8. The van der Waals surface area contributed by atoms with E-state index >= 15 is 0 Å². The van der Waals surface area contributed by atoms with E-state index in [4.69, 9.17) is 9.72 Å². The molecule has 4 rings (SSSR count). The Balaban J connectivity index is 1.33. The number of nitrogens with zero attached hydrogens (tertiary/aromatic N) is 7. The molecule has 0 spiro atoms. The van der Waals surface area contributed by atoms with Gasteiger partial charge < -0.3 is 29.7 Å². The van der Waals surface area contributed by atoms with Crippen molar-refractivity contribution in [1.82, 2.24) is 24.7 Å². The summed E-state index contributed by atoms with van der Waals surface area (Å²) in [7, 11) is 5.93. The maximum atomic E-state index is 12.6. The smallest absolute Gasteiger partial charge is 0.236 e. The van der Waals surface area contributed by atoms with Crippen LogP contribution in [0.2, 0.25) is 0 Å². The fourth-order valence-corrected chi connectivity index (χ4v) is 4.75. The number of carbonyl (C=O) groups excluding carboxylic acids is 1. The second-order valence-electron chi connectivity index (χ2n) is 9.75.